The summed E-state index contributed by atoms with van der Waals surface area (Å²) < 4.78 is 0. The second-order valence-electron chi connectivity index (χ2n) is 5.31. The summed E-state index contributed by atoms with van der Waals surface area (Å²) in [7, 11) is 0. The van der Waals surface area contributed by atoms with Crippen molar-refractivity contribution < 1.29 is 9.59 Å². The number of piperazine rings is 1. The molecule has 1 saturated heterocycles. The second-order valence-corrected chi connectivity index (χ2v) is 6.13. The molecule has 0 aliphatic carbocycles. The monoisotopic (exact) mass is 326 g/mol. The molecule has 1 aromatic carbocycles. The highest BCUT2D eigenvalue weighted by atomic mass is 35.5. The van der Waals surface area contributed by atoms with Crippen molar-refractivity contribution >= 4 is 41.1 Å². The topological polar surface area (TPSA) is 49.4 Å². The highest BCUT2D eigenvalue weighted by Gasteiger charge is 2.39. The van der Waals surface area contributed by atoms with E-state index in [0.717, 1.165) is 5.56 Å². The van der Waals surface area contributed by atoms with Crippen LogP contribution in [0.4, 0.5) is 0 Å². The molecule has 2 amide bonds. The van der Waals surface area contributed by atoms with Crippen molar-refractivity contribution in [2.45, 2.75) is 19.4 Å². The molecule has 0 unspecified atom stereocenters. The Labute approximate surface area is 133 Å². The number of nitrogens with zero attached hydrogens (tertiary/aromatic N) is 1. The zero-order valence-corrected chi connectivity index (χ0v) is 13.3. The summed E-state index contributed by atoms with van der Waals surface area (Å²) >= 11 is 11.8. The Bertz CT molecular complexity index is 612. The Balaban J connectivity index is 2.15. The van der Waals surface area contributed by atoms with E-state index < -0.39 is 5.54 Å². The molecule has 0 saturated carbocycles. The molecule has 1 aliphatic heterocycles. The molecule has 0 radical (unpaired) electrons. The van der Waals surface area contributed by atoms with E-state index in [1.165, 1.54) is 6.08 Å². The summed E-state index contributed by atoms with van der Waals surface area (Å²) in [6.45, 7) is 4.41. The van der Waals surface area contributed by atoms with Gasteiger partial charge in [0, 0.05) is 19.2 Å². The van der Waals surface area contributed by atoms with Gasteiger partial charge in [-0.05, 0) is 37.6 Å². The van der Waals surface area contributed by atoms with Crippen molar-refractivity contribution in [2.24, 2.45) is 0 Å². The van der Waals surface area contributed by atoms with Gasteiger partial charge in [-0.15, -0.1) is 0 Å². The summed E-state index contributed by atoms with van der Waals surface area (Å²) in [6.07, 6.45) is 3.10. The van der Waals surface area contributed by atoms with Gasteiger partial charge in [0.25, 0.3) is 0 Å². The standard InChI is InChI=1S/C15H16Cl2N2O2/c1-15(2)14(21)18-7-8-19(15)13(20)6-4-10-3-5-11(16)12(17)9-10/h3-6,9H,7-8H2,1-2H3,(H,18,21)/b6-4+. The van der Waals surface area contributed by atoms with Crippen molar-refractivity contribution in [3.63, 3.8) is 0 Å². The number of benzene rings is 1. The van der Waals surface area contributed by atoms with E-state index in [0.29, 0.717) is 23.1 Å². The third-order valence-electron chi connectivity index (χ3n) is 3.48. The summed E-state index contributed by atoms with van der Waals surface area (Å²) in [5.41, 5.74) is -0.0749. The largest absolute Gasteiger partial charge is 0.352 e. The molecule has 1 N–H and O–H groups in total. The summed E-state index contributed by atoms with van der Waals surface area (Å²) in [6, 6.07) is 5.13. The molecule has 0 aromatic heterocycles. The van der Waals surface area contributed by atoms with Crippen molar-refractivity contribution in [2.75, 3.05) is 13.1 Å². The molecule has 0 atom stereocenters. The second kappa shape index (κ2) is 6.08. The average Bonchev–Trinajstić information content (AvgIpc) is 2.43. The van der Waals surface area contributed by atoms with Gasteiger partial charge in [-0.2, -0.15) is 0 Å². The molecule has 1 fully saturated rings. The van der Waals surface area contributed by atoms with Gasteiger partial charge in [-0.25, -0.2) is 0 Å². The maximum Gasteiger partial charge on any atom is 0.247 e. The van der Waals surface area contributed by atoms with Gasteiger partial charge in [0.05, 0.1) is 10.0 Å². The molecule has 0 bridgehead atoms. The van der Waals surface area contributed by atoms with Crippen LogP contribution in [0.15, 0.2) is 24.3 Å². The number of rotatable bonds is 2. The predicted molar refractivity (Wildman–Crippen MR) is 84.3 cm³/mol. The van der Waals surface area contributed by atoms with E-state index in [-0.39, 0.29) is 11.8 Å². The van der Waals surface area contributed by atoms with Crippen LogP contribution in [0, 0.1) is 0 Å². The van der Waals surface area contributed by atoms with Gasteiger partial charge in [-0.1, -0.05) is 29.3 Å². The van der Waals surface area contributed by atoms with Crippen LogP contribution in [-0.2, 0) is 9.59 Å². The molecule has 21 heavy (non-hydrogen) atoms. The normalized spacial score (nSPS) is 17.9. The van der Waals surface area contributed by atoms with Gasteiger partial charge in [0.15, 0.2) is 0 Å². The van der Waals surface area contributed by atoms with E-state index in [4.69, 9.17) is 23.2 Å². The predicted octanol–water partition coefficient (Wildman–Crippen LogP) is 2.74. The molecule has 1 aromatic rings. The van der Waals surface area contributed by atoms with Gasteiger partial charge >= 0.3 is 0 Å². The first-order chi connectivity index (χ1) is 9.82. The van der Waals surface area contributed by atoms with E-state index in [9.17, 15) is 9.59 Å². The molecule has 1 heterocycles. The SMILES string of the molecule is CC1(C)C(=O)NCCN1C(=O)/C=C/c1ccc(Cl)c(Cl)c1. The number of carbonyl (C=O) groups excluding carboxylic acids is 2. The van der Waals surface area contributed by atoms with Gasteiger partial charge in [0.2, 0.25) is 11.8 Å². The lowest BCUT2D eigenvalue weighted by Gasteiger charge is -2.40. The summed E-state index contributed by atoms with van der Waals surface area (Å²) in [5, 5.41) is 3.66. The smallest absolute Gasteiger partial charge is 0.247 e. The minimum absolute atomic E-state index is 0.148. The molecule has 112 valence electrons. The van der Waals surface area contributed by atoms with Crippen LogP contribution in [-0.4, -0.2) is 35.3 Å². The van der Waals surface area contributed by atoms with Gasteiger partial charge < -0.3 is 10.2 Å². The first-order valence-corrected chi connectivity index (χ1v) is 7.31. The maximum absolute atomic E-state index is 12.3. The minimum atomic E-state index is -0.850. The fraction of sp³-hybridized carbons (Fsp3) is 0.333. The van der Waals surface area contributed by atoms with E-state index in [1.54, 1.807) is 43.0 Å². The number of halogens is 2. The lowest BCUT2D eigenvalue weighted by atomic mass is 9.98. The first kappa shape index (κ1) is 15.9. The van der Waals surface area contributed by atoms with E-state index >= 15 is 0 Å². The fourth-order valence-corrected chi connectivity index (χ4v) is 2.47. The minimum Gasteiger partial charge on any atom is -0.352 e. The van der Waals surface area contributed by atoms with Crippen LogP contribution < -0.4 is 5.32 Å². The molecule has 0 spiro atoms. The molecule has 6 heteroatoms. The fourth-order valence-electron chi connectivity index (χ4n) is 2.16. The number of carbonyl (C=O) groups is 2. The van der Waals surface area contributed by atoms with Crippen molar-refractivity contribution in [1.29, 1.82) is 0 Å². The van der Waals surface area contributed by atoms with Crippen LogP contribution in [0.25, 0.3) is 6.08 Å². The number of hydrogen-bond donors (Lipinski definition) is 1. The summed E-state index contributed by atoms with van der Waals surface area (Å²) in [4.78, 5) is 25.7. The highest BCUT2D eigenvalue weighted by molar-refractivity contribution is 6.42. The highest BCUT2D eigenvalue weighted by Crippen LogP contribution is 2.23. The van der Waals surface area contributed by atoms with Crippen LogP contribution in [0.3, 0.4) is 0 Å². The average molecular weight is 327 g/mol. The Morgan fingerprint density at radius 3 is 2.71 bits per heavy atom. The summed E-state index contributed by atoms with van der Waals surface area (Å²) in [5.74, 6) is -0.356. The lowest BCUT2D eigenvalue weighted by Crippen LogP contribution is -2.63. The molecule has 1 aliphatic rings. The number of amides is 2. The Kier molecular flexibility index (Phi) is 4.59. The maximum atomic E-state index is 12.3. The van der Waals surface area contributed by atoms with Crippen molar-refractivity contribution in [3.8, 4) is 0 Å². The third kappa shape index (κ3) is 3.39. The van der Waals surface area contributed by atoms with E-state index in [1.807, 2.05) is 0 Å². The van der Waals surface area contributed by atoms with Crippen LogP contribution >= 0.6 is 23.2 Å². The third-order valence-corrected chi connectivity index (χ3v) is 4.22. The quantitative estimate of drug-likeness (QED) is 0.849. The first-order valence-electron chi connectivity index (χ1n) is 6.55. The molecular weight excluding hydrogens is 311 g/mol. The van der Waals surface area contributed by atoms with Gasteiger partial charge in [0.1, 0.15) is 5.54 Å². The molecular formula is C15H16Cl2N2O2. The number of hydrogen-bond acceptors (Lipinski definition) is 2. The van der Waals surface area contributed by atoms with Crippen molar-refractivity contribution in [1.82, 2.24) is 10.2 Å². The zero-order chi connectivity index (χ0) is 15.6. The Hall–Kier alpha value is -1.52. The van der Waals surface area contributed by atoms with Crippen molar-refractivity contribution in [3.05, 3.63) is 39.9 Å². The van der Waals surface area contributed by atoms with Gasteiger partial charge in [-0.3, -0.25) is 9.59 Å². The Morgan fingerprint density at radius 2 is 2.05 bits per heavy atom. The molecule has 2 rings (SSSR count). The molecule has 4 nitrogen and oxygen atoms in total. The van der Waals surface area contributed by atoms with Crippen LogP contribution in [0.5, 0.6) is 0 Å². The van der Waals surface area contributed by atoms with Crippen LogP contribution in [0.2, 0.25) is 10.0 Å². The lowest BCUT2D eigenvalue weighted by molar-refractivity contribution is -0.146. The van der Waals surface area contributed by atoms with Crippen LogP contribution in [0.1, 0.15) is 19.4 Å². The van der Waals surface area contributed by atoms with E-state index in [2.05, 4.69) is 5.32 Å². The number of nitrogens with one attached hydrogen (secondary N) is 1. The Morgan fingerprint density at radius 1 is 1.33 bits per heavy atom. The zero-order valence-electron chi connectivity index (χ0n) is 11.8.